The van der Waals surface area contributed by atoms with Crippen molar-refractivity contribution in [2.24, 2.45) is 0 Å². The van der Waals surface area contributed by atoms with Crippen LogP contribution in [0.4, 0.5) is 0 Å². The fraction of sp³-hybridized carbons (Fsp3) is 0.571. The predicted octanol–water partition coefficient (Wildman–Crippen LogP) is 0.0119. The molecule has 4 aliphatic rings. The molecule has 8 nitrogen and oxygen atoms in total. The number of nitrogens with zero attached hydrogens (tertiary/aromatic N) is 2. The number of hydrogen-bond donors (Lipinski definition) is 2. The zero-order valence-corrected chi connectivity index (χ0v) is 16.4. The molecule has 1 aromatic carbocycles. The quantitative estimate of drug-likeness (QED) is 0.698. The number of carbonyl (C=O) groups is 3. The van der Waals surface area contributed by atoms with Crippen LogP contribution in [0.25, 0.3) is 0 Å². The van der Waals surface area contributed by atoms with Gasteiger partial charge in [0.1, 0.15) is 6.04 Å². The summed E-state index contributed by atoms with van der Waals surface area (Å²) in [6.45, 7) is 5.54. The maximum Gasteiger partial charge on any atom is 0.255 e. The number of benzene rings is 1. The first-order chi connectivity index (χ1) is 14.0. The predicted molar refractivity (Wildman–Crippen MR) is 104 cm³/mol. The highest BCUT2D eigenvalue weighted by Gasteiger charge is 2.41. The highest BCUT2D eigenvalue weighted by molar-refractivity contribution is 6.05. The third-order valence-electron chi connectivity index (χ3n) is 6.61. The van der Waals surface area contributed by atoms with Crippen LogP contribution in [-0.4, -0.2) is 72.0 Å². The van der Waals surface area contributed by atoms with Gasteiger partial charge < -0.3 is 15.0 Å². The van der Waals surface area contributed by atoms with Crippen LogP contribution < -0.4 is 10.6 Å². The summed E-state index contributed by atoms with van der Waals surface area (Å²) in [6.07, 6.45) is 1.68. The molecule has 8 heteroatoms. The molecular weight excluding hydrogens is 372 g/mol. The third-order valence-corrected chi connectivity index (χ3v) is 6.61. The van der Waals surface area contributed by atoms with Crippen LogP contribution in [0.5, 0.6) is 0 Å². The van der Waals surface area contributed by atoms with Gasteiger partial charge in [-0.25, -0.2) is 0 Å². The molecule has 4 heterocycles. The van der Waals surface area contributed by atoms with Crippen LogP contribution in [0, 0.1) is 0 Å². The number of nitrogens with one attached hydrogen (secondary N) is 2. The van der Waals surface area contributed by atoms with E-state index in [1.54, 1.807) is 4.90 Å². The summed E-state index contributed by atoms with van der Waals surface area (Å²) in [6, 6.07) is 5.27. The number of imide groups is 1. The Morgan fingerprint density at radius 3 is 2.93 bits per heavy atom. The van der Waals surface area contributed by atoms with Crippen LogP contribution in [0.2, 0.25) is 0 Å². The molecule has 0 saturated carbocycles. The second-order valence-corrected chi connectivity index (χ2v) is 8.51. The standard InChI is InChI=1S/C21H26N4O4/c26-18-5-4-17(19(27)23-18)25-11-16-14(2-1-3-15(16)20(25)28)10-24-8-9-29-21(13-24)6-7-22-12-21/h1-3,17,22H,4-13H2,(H,23,26,27). The van der Waals surface area contributed by atoms with Crippen molar-refractivity contribution >= 4 is 17.7 Å². The summed E-state index contributed by atoms with van der Waals surface area (Å²) >= 11 is 0. The molecule has 154 valence electrons. The minimum absolute atomic E-state index is 0.0925. The van der Waals surface area contributed by atoms with E-state index in [1.807, 2.05) is 12.1 Å². The van der Waals surface area contributed by atoms with Gasteiger partial charge in [0.05, 0.1) is 12.2 Å². The van der Waals surface area contributed by atoms with Crippen molar-refractivity contribution in [3.8, 4) is 0 Å². The van der Waals surface area contributed by atoms with Crippen molar-refractivity contribution in [3.63, 3.8) is 0 Å². The molecule has 1 spiro atoms. The first-order valence-electron chi connectivity index (χ1n) is 10.4. The van der Waals surface area contributed by atoms with E-state index in [1.165, 1.54) is 0 Å². The van der Waals surface area contributed by atoms with Crippen molar-refractivity contribution in [3.05, 3.63) is 34.9 Å². The van der Waals surface area contributed by atoms with Gasteiger partial charge in [0.2, 0.25) is 11.8 Å². The van der Waals surface area contributed by atoms with E-state index in [-0.39, 0.29) is 29.7 Å². The number of rotatable bonds is 3. The first-order valence-corrected chi connectivity index (χ1v) is 10.4. The summed E-state index contributed by atoms with van der Waals surface area (Å²) in [4.78, 5) is 40.8. The van der Waals surface area contributed by atoms with Crippen molar-refractivity contribution in [2.45, 2.75) is 44.0 Å². The third kappa shape index (κ3) is 3.35. The number of carbonyl (C=O) groups excluding carboxylic acids is 3. The summed E-state index contributed by atoms with van der Waals surface area (Å²) in [5.74, 6) is -0.749. The van der Waals surface area contributed by atoms with E-state index in [0.29, 0.717) is 18.5 Å². The van der Waals surface area contributed by atoms with Gasteiger partial charge in [-0.05, 0) is 36.6 Å². The molecule has 1 aromatic rings. The minimum atomic E-state index is -0.573. The number of amides is 3. The molecule has 0 aliphatic carbocycles. The van der Waals surface area contributed by atoms with Gasteiger partial charge in [-0.1, -0.05) is 12.1 Å². The molecule has 2 atom stereocenters. The van der Waals surface area contributed by atoms with Crippen LogP contribution in [-0.2, 0) is 27.4 Å². The van der Waals surface area contributed by atoms with Crippen LogP contribution in [0.1, 0.15) is 40.7 Å². The molecule has 0 bridgehead atoms. The van der Waals surface area contributed by atoms with E-state index in [2.05, 4.69) is 21.6 Å². The molecule has 4 aliphatic heterocycles. The summed E-state index contributed by atoms with van der Waals surface area (Å²) < 4.78 is 6.08. The Morgan fingerprint density at radius 2 is 2.14 bits per heavy atom. The number of fused-ring (bicyclic) bond motifs is 1. The summed E-state index contributed by atoms with van der Waals surface area (Å²) in [5.41, 5.74) is 2.73. The van der Waals surface area contributed by atoms with E-state index in [9.17, 15) is 14.4 Å². The maximum atomic E-state index is 13.0. The van der Waals surface area contributed by atoms with E-state index < -0.39 is 6.04 Å². The Kier molecular flexibility index (Phi) is 4.64. The average molecular weight is 398 g/mol. The van der Waals surface area contributed by atoms with E-state index in [0.717, 1.165) is 56.9 Å². The second kappa shape index (κ2) is 7.19. The van der Waals surface area contributed by atoms with Crippen molar-refractivity contribution in [1.29, 1.82) is 0 Å². The lowest BCUT2D eigenvalue weighted by Crippen LogP contribution is -2.52. The molecule has 3 saturated heterocycles. The highest BCUT2D eigenvalue weighted by atomic mass is 16.5. The molecule has 3 amide bonds. The van der Waals surface area contributed by atoms with Gasteiger partial charge in [0.15, 0.2) is 0 Å². The van der Waals surface area contributed by atoms with Crippen LogP contribution >= 0.6 is 0 Å². The first kappa shape index (κ1) is 18.7. The number of hydrogen-bond acceptors (Lipinski definition) is 6. The Labute approximate surface area is 169 Å². The molecule has 3 fully saturated rings. The highest BCUT2D eigenvalue weighted by Crippen LogP contribution is 2.32. The Bertz CT molecular complexity index is 864. The SMILES string of the molecule is O=C1CCC(N2Cc3c(CN4CCOC5(CCNC5)C4)cccc3C2=O)C(=O)N1. The zero-order chi connectivity index (χ0) is 20.0. The normalized spacial score (nSPS) is 30.1. The van der Waals surface area contributed by atoms with Gasteiger partial charge in [0.25, 0.3) is 5.91 Å². The van der Waals surface area contributed by atoms with E-state index >= 15 is 0 Å². The van der Waals surface area contributed by atoms with Crippen LogP contribution in [0.3, 0.4) is 0 Å². The van der Waals surface area contributed by atoms with Crippen molar-refractivity contribution < 1.29 is 19.1 Å². The maximum absolute atomic E-state index is 13.0. The fourth-order valence-electron chi connectivity index (χ4n) is 5.08. The molecule has 0 radical (unpaired) electrons. The topological polar surface area (TPSA) is 91.0 Å². The lowest BCUT2D eigenvalue weighted by Gasteiger charge is -2.40. The average Bonchev–Trinajstić information content (AvgIpc) is 3.28. The molecule has 29 heavy (non-hydrogen) atoms. The van der Waals surface area contributed by atoms with Crippen molar-refractivity contribution in [2.75, 3.05) is 32.8 Å². The van der Waals surface area contributed by atoms with Gasteiger partial charge in [-0.15, -0.1) is 0 Å². The number of piperidine rings is 1. The summed E-state index contributed by atoms with van der Waals surface area (Å²) in [7, 11) is 0. The lowest BCUT2D eigenvalue weighted by atomic mass is 9.98. The smallest absolute Gasteiger partial charge is 0.255 e. The van der Waals surface area contributed by atoms with Crippen LogP contribution in [0.15, 0.2) is 18.2 Å². The minimum Gasteiger partial charge on any atom is -0.371 e. The summed E-state index contributed by atoms with van der Waals surface area (Å²) in [5, 5.41) is 5.76. The van der Waals surface area contributed by atoms with Gasteiger partial charge in [-0.3, -0.25) is 24.6 Å². The largest absolute Gasteiger partial charge is 0.371 e. The monoisotopic (exact) mass is 398 g/mol. The number of morpholine rings is 1. The Morgan fingerprint density at radius 1 is 1.24 bits per heavy atom. The van der Waals surface area contributed by atoms with Crippen molar-refractivity contribution in [1.82, 2.24) is 20.4 Å². The molecule has 2 N–H and O–H groups in total. The van der Waals surface area contributed by atoms with Gasteiger partial charge >= 0.3 is 0 Å². The molecular formula is C21H26N4O4. The molecule has 2 unspecified atom stereocenters. The molecule has 5 rings (SSSR count). The Balaban J connectivity index is 1.34. The lowest BCUT2D eigenvalue weighted by molar-refractivity contribution is -0.136. The fourth-order valence-corrected chi connectivity index (χ4v) is 5.08. The van der Waals surface area contributed by atoms with Gasteiger partial charge in [0, 0.05) is 44.7 Å². The zero-order valence-electron chi connectivity index (χ0n) is 16.4. The number of ether oxygens (including phenoxy) is 1. The van der Waals surface area contributed by atoms with E-state index in [4.69, 9.17) is 4.74 Å². The second-order valence-electron chi connectivity index (χ2n) is 8.51. The molecule has 0 aromatic heterocycles. The Hall–Kier alpha value is -2.29. The van der Waals surface area contributed by atoms with Gasteiger partial charge in [-0.2, -0.15) is 0 Å².